The molecule has 4 nitrogen and oxygen atoms in total. The van der Waals surface area contributed by atoms with E-state index in [1.807, 2.05) is 0 Å². The Hall–Kier alpha value is -0.160. The second-order valence-corrected chi connectivity index (χ2v) is 3.58. The molecule has 4 heteroatoms. The van der Waals surface area contributed by atoms with Gasteiger partial charge >= 0.3 is 0 Å². The van der Waals surface area contributed by atoms with Crippen LogP contribution in [0.1, 0.15) is 19.3 Å². The molecule has 0 radical (unpaired) electrons. The van der Waals surface area contributed by atoms with Crippen molar-refractivity contribution in [3.63, 3.8) is 0 Å². The quantitative estimate of drug-likeness (QED) is 0.346. The third-order valence-electron chi connectivity index (χ3n) is 2.37. The van der Waals surface area contributed by atoms with Crippen molar-refractivity contribution in [2.75, 3.05) is 32.7 Å². The van der Waals surface area contributed by atoms with Crippen molar-refractivity contribution < 1.29 is 0 Å². The molecular weight excluding hydrogens is 164 g/mol. The highest BCUT2D eigenvalue weighted by atomic mass is 15.4. The first-order chi connectivity index (χ1) is 6.38. The van der Waals surface area contributed by atoms with Crippen LogP contribution in [0.25, 0.3) is 0 Å². The SMILES string of the molecule is NCCCNC(CCCN)N1CC1. The van der Waals surface area contributed by atoms with E-state index in [1.54, 1.807) is 0 Å². The lowest BCUT2D eigenvalue weighted by molar-refractivity contribution is 0.306. The Morgan fingerprint density at radius 2 is 1.85 bits per heavy atom. The van der Waals surface area contributed by atoms with Crippen molar-refractivity contribution in [2.45, 2.75) is 25.4 Å². The highest BCUT2D eigenvalue weighted by Crippen LogP contribution is 2.12. The molecule has 1 atom stereocenters. The van der Waals surface area contributed by atoms with E-state index in [1.165, 1.54) is 19.5 Å². The van der Waals surface area contributed by atoms with Gasteiger partial charge in [-0.15, -0.1) is 0 Å². The molecular formula is C9H22N4. The van der Waals surface area contributed by atoms with Gasteiger partial charge in [-0.2, -0.15) is 0 Å². The topological polar surface area (TPSA) is 67.1 Å². The number of nitrogens with two attached hydrogens (primary N) is 2. The van der Waals surface area contributed by atoms with Crippen LogP contribution < -0.4 is 16.8 Å². The zero-order valence-electron chi connectivity index (χ0n) is 8.34. The molecule has 0 aliphatic carbocycles. The normalized spacial score (nSPS) is 18.9. The molecule has 0 amide bonds. The molecule has 1 heterocycles. The molecule has 1 saturated heterocycles. The molecule has 0 aromatic rings. The van der Waals surface area contributed by atoms with Crippen LogP contribution >= 0.6 is 0 Å². The van der Waals surface area contributed by atoms with Crippen molar-refractivity contribution in [3.8, 4) is 0 Å². The highest BCUT2D eigenvalue weighted by Gasteiger charge is 2.25. The van der Waals surface area contributed by atoms with Gasteiger partial charge in [0.15, 0.2) is 0 Å². The molecule has 0 aromatic carbocycles. The lowest BCUT2D eigenvalue weighted by Crippen LogP contribution is -2.37. The zero-order valence-corrected chi connectivity index (χ0v) is 8.34. The average molecular weight is 186 g/mol. The first-order valence-corrected chi connectivity index (χ1v) is 5.26. The number of hydrogen-bond acceptors (Lipinski definition) is 4. The van der Waals surface area contributed by atoms with Gasteiger partial charge < -0.3 is 16.8 Å². The van der Waals surface area contributed by atoms with Crippen LogP contribution in [0.4, 0.5) is 0 Å². The highest BCUT2D eigenvalue weighted by molar-refractivity contribution is 4.80. The molecule has 1 aliphatic heterocycles. The van der Waals surface area contributed by atoms with E-state index >= 15 is 0 Å². The van der Waals surface area contributed by atoms with Gasteiger partial charge in [-0.25, -0.2) is 0 Å². The van der Waals surface area contributed by atoms with E-state index in [9.17, 15) is 0 Å². The fraction of sp³-hybridized carbons (Fsp3) is 1.00. The Bertz CT molecular complexity index is 125. The van der Waals surface area contributed by atoms with E-state index in [0.717, 1.165) is 32.5 Å². The second kappa shape index (κ2) is 6.32. The molecule has 1 rings (SSSR count). The Balaban J connectivity index is 2.06. The molecule has 0 bridgehead atoms. The van der Waals surface area contributed by atoms with E-state index in [4.69, 9.17) is 11.5 Å². The fourth-order valence-electron chi connectivity index (χ4n) is 1.47. The molecule has 0 aromatic heterocycles. The van der Waals surface area contributed by atoms with Crippen molar-refractivity contribution >= 4 is 0 Å². The number of nitrogens with one attached hydrogen (secondary N) is 1. The molecule has 1 unspecified atom stereocenters. The first-order valence-electron chi connectivity index (χ1n) is 5.26. The maximum absolute atomic E-state index is 5.49. The maximum atomic E-state index is 5.49. The molecule has 0 spiro atoms. The largest absolute Gasteiger partial charge is 0.330 e. The summed E-state index contributed by atoms with van der Waals surface area (Å²) in [5, 5.41) is 3.51. The van der Waals surface area contributed by atoms with Crippen molar-refractivity contribution in [1.29, 1.82) is 0 Å². The summed E-state index contributed by atoms with van der Waals surface area (Å²) in [5.74, 6) is 0. The van der Waals surface area contributed by atoms with Gasteiger partial charge in [0, 0.05) is 13.1 Å². The van der Waals surface area contributed by atoms with Crippen molar-refractivity contribution in [3.05, 3.63) is 0 Å². The summed E-state index contributed by atoms with van der Waals surface area (Å²) in [5.41, 5.74) is 10.9. The van der Waals surface area contributed by atoms with Gasteiger partial charge in [-0.3, -0.25) is 4.90 Å². The minimum Gasteiger partial charge on any atom is -0.330 e. The van der Waals surface area contributed by atoms with Gasteiger partial charge in [-0.1, -0.05) is 0 Å². The van der Waals surface area contributed by atoms with Crippen LogP contribution in [0.2, 0.25) is 0 Å². The van der Waals surface area contributed by atoms with Crippen LogP contribution in [0.15, 0.2) is 0 Å². The van der Waals surface area contributed by atoms with Crippen molar-refractivity contribution in [1.82, 2.24) is 10.2 Å². The molecule has 78 valence electrons. The molecule has 0 saturated carbocycles. The minimum atomic E-state index is 0.551. The smallest absolute Gasteiger partial charge is 0.0598 e. The molecule has 5 N–H and O–H groups in total. The van der Waals surface area contributed by atoms with E-state index in [0.29, 0.717) is 6.17 Å². The number of rotatable bonds is 8. The Labute approximate surface area is 80.6 Å². The Morgan fingerprint density at radius 3 is 2.38 bits per heavy atom. The first kappa shape index (κ1) is 10.9. The molecule has 1 aliphatic rings. The van der Waals surface area contributed by atoms with Gasteiger partial charge in [0.25, 0.3) is 0 Å². The van der Waals surface area contributed by atoms with E-state index in [2.05, 4.69) is 10.2 Å². The third kappa shape index (κ3) is 4.57. The van der Waals surface area contributed by atoms with E-state index in [-0.39, 0.29) is 0 Å². The van der Waals surface area contributed by atoms with E-state index < -0.39 is 0 Å². The predicted molar refractivity (Wildman–Crippen MR) is 55.3 cm³/mol. The van der Waals surface area contributed by atoms with Gasteiger partial charge in [0.1, 0.15) is 0 Å². The molecule has 13 heavy (non-hydrogen) atoms. The van der Waals surface area contributed by atoms with Gasteiger partial charge in [0.2, 0.25) is 0 Å². The number of hydrogen-bond donors (Lipinski definition) is 3. The number of nitrogens with zero attached hydrogens (tertiary/aromatic N) is 1. The summed E-state index contributed by atoms with van der Waals surface area (Å²) >= 11 is 0. The predicted octanol–water partition coefficient (Wildman–Crippen LogP) is -0.695. The summed E-state index contributed by atoms with van der Waals surface area (Å²) in [6.07, 6.45) is 3.89. The maximum Gasteiger partial charge on any atom is 0.0598 e. The monoisotopic (exact) mass is 186 g/mol. The summed E-state index contributed by atoms with van der Waals surface area (Å²) in [7, 11) is 0. The van der Waals surface area contributed by atoms with Gasteiger partial charge in [0.05, 0.1) is 6.17 Å². The molecule has 1 fully saturated rings. The zero-order chi connectivity index (χ0) is 9.52. The lowest BCUT2D eigenvalue weighted by atomic mass is 10.2. The minimum absolute atomic E-state index is 0.551. The summed E-state index contributed by atoms with van der Waals surface area (Å²) in [6.45, 7) is 5.08. The van der Waals surface area contributed by atoms with Crippen LogP contribution in [0.3, 0.4) is 0 Å². The lowest BCUT2D eigenvalue weighted by Gasteiger charge is -2.19. The fourth-order valence-corrected chi connectivity index (χ4v) is 1.47. The van der Waals surface area contributed by atoms with Crippen LogP contribution in [-0.4, -0.2) is 43.8 Å². The van der Waals surface area contributed by atoms with Crippen LogP contribution in [0.5, 0.6) is 0 Å². The third-order valence-corrected chi connectivity index (χ3v) is 2.37. The standard InChI is InChI=1S/C9H22N4/c10-4-1-3-9(13-7-8-13)12-6-2-5-11/h9,12H,1-8,10-11H2. The average Bonchev–Trinajstić information content (AvgIpc) is 2.94. The van der Waals surface area contributed by atoms with Crippen LogP contribution in [0, 0.1) is 0 Å². The summed E-state index contributed by atoms with van der Waals surface area (Å²) < 4.78 is 0. The van der Waals surface area contributed by atoms with Gasteiger partial charge in [-0.05, 0) is 38.9 Å². The summed E-state index contributed by atoms with van der Waals surface area (Å²) in [6, 6.07) is 0. The second-order valence-electron chi connectivity index (χ2n) is 3.58. The Kier molecular flexibility index (Phi) is 5.31. The van der Waals surface area contributed by atoms with Crippen LogP contribution in [-0.2, 0) is 0 Å². The van der Waals surface area contributed by atoms with Crippen molar-refractivity contribution in [2.24, 2.45) is 11.5 Å². The summed E-state index contributed by atoms with van der Waals surface area (Å²) in [4.78, 5) is 2.44. The Morgan fingerprint density at radius 1 is 1.15 bits per heavy atom.